The molecule has 0 saturated heterocycles. The summed E-state index contributed by atoms with van der Waals surface area (Å²) in [5.74, 6) is -4.06. The second kappa shape index (κ2) is 10.3. The van der Waals surface area contributed by atoms with Crippen LogP contribution < -0.4 is 14.8 Å². The minimum Gasteiger partial charge on any atom is -0.487 e. The van der Waals surface area contributed by atoms with Crippen molar-refractivity contribution in [3.63, 3.8) is 0 Å². The van der Waals surface area contributed by atoms with E-state index in [1.165, 1.54) is 18.2 Å². The molecule has 180 valence electrons. The first-order valence-electron chi connectivity index (χ1n) is 9.91. The summed E-state index contributed by atoms with van der Waals surface area (Å²) in [7, 11) is 0. The highest BCUT2D eigenvalue weighted by Crippen LogP contribution is 2.26. The van der Waals surface area contributed by atoms with Crippen LogP contribution >= 0.6 is 0 Å². The summed E-state index contributed by atoms with van der Waals surface area (Å²) in [4.78, 5) is 3.05. The maximum Gasteiger partial charge on any atom is 0.422 e. The summed E-state index contributed by atoms with van der Waals surface area (Å²) in [5.41, 5.74) is 2.34. The van der Waals surface area contributed by atoms with E-state index >= 15 is 0 Å². The van der Waals surface area contributed by atoms with Crippen molar-refractivity contribution >= 4 is 10.9 Å². The Labute approximate surface area is 184 Å². The van der Waals surface area contributed by atoms with Gasteiger partial charge in [0.2, 0.25) is 0 Å². The van der Waals surface area contributed by atoms with Crippen LogP contribution in [0, 0.1) is 0 Å². The fraction of sp³-hybridized carbons (Fsp3) is 0.364. The van der Waals surface area contributed by atoms with Crippen LogP contribution in [0.4, 0.5) is 30.7 Å². The van der Waals surface area contributed by atoms with E-state index < -0.39 is 31.7 Å². The molecule has 33 heavy (non-hydrogen) atoms. The molecule has 2 aromatic carbocycles. The Morgan fingerprint density at radius 3 is 2.36 bits per heavy atom. The first kappa shape index (κ1) is 24.7. The van der Waals surface area contributed by atoms with Crippen molar-refractivity contribution in [2.45, 2.75) is 31.5 Å². The van der Waals surface area contributed by atoms with E-state index in [0.29, 0.717) is 25.1 Å². The molecule has 0 amide bonds. The lowest BCUT2D eigenvalue weighted by molar-refractivity contribution is -0.153. The summed E-state index contributed by atoms with van der Waals surface area (Å²) in [6.45, 7) is -1.92. The van der Waals surface area contributed by atoms with Gasteiger partial charge in [0.1, 0.15) is 11.5 Å². The molecule has 1 aromatic heterocycles. The van der Waals surface area contributed by atoms with E-state index in [4.69, 9.17) is 9.47 Å². The zero-order valence-corrected chi connectivity index (χ0v) is 17.2. The maximum absolute atomic E-state index is 13.0. The summed E-state index contributed by atoms with van der Waals surface area (Å²) < 4.78 is 97.1. The zero-order chi connectivity index (χ0) is 24.1. The lowest BCUT2D eigenvalue weighted by Gasteiger charge is -2.16. The lowest BCUT2D eigenvalue weighted by atomic mass is 10.1. The molecule has 2 N–H and O–H groups in total. The number of hydrogen-bond donors (Lipinski definition) is 2. The molecule has 0 aliphatic heterocycles. The van der Waals surface area contributed by atoms with Gasteiger partial charge >= 0.3 is 18.5 Å². The zero-order valence-electron chi connectivity index (χ0n) is 17.2. The van der Waals surface area contributed by atoms with Crippen LogP contribution in [-0.2, 0) is 13.0 Å². The summed E-state index contributed by atoms with van der Waals surface area (Å²) in [6.07, 6.45) is -5.91. The van der Waals surface area contributed by atoms with E-state index in [-0.39, 0.29) is 11.5 Å². The molecule has 0 aliphatic carbocycles. The number of halogens is 7. The fourth-order valence-corrected chi connectivity index (χ4v) is 3.06. The molecule has 4 nitrogen and oxygen atoms in total. The first-order valence-corrected chi connectivity index (χ1v) is 9.91. The van der Waals surface area contributed by atoms with Crippen LogP contribution in [0.15, 0.2) is 48.7 Å². The standard InChI is InChI=1S/C22H21F7N2O2/c23-20(24)21(25,26)12-32-16-3-1-2-14(8-16)10-30-7-6-15-11-31-19-5-4-17(9-18(15)19)33-13-22(27,28)29/h1-5,8-9,11,20,30-31H,6-7,10,12-13H2. The molecular formula is C22H21F7N2O2. The highest BCUT2D eigenvalue weighted by Gasteiger charge is 2.41. The number of H-pyrrole nitrogens is 1. The average Bonchev–Trinajstić information content (AvgIpc) is 3.16. The molecule has 0 aliphatic rings. The van der Waals surface area contributed by atoms with Gasteiger partial charge in [0.15, 0.2) is 13.2 Å². The third kappa shape index (κ3) is 7.28. The minimum absolute atomic E-state index is 0.0534. The quantitative estimate of drug-likeness (QED) is 0.274. The Morgan fingerprint density at radius 2 is 1.64 bits per heavy atom. The number of alkyl halides is 7. The van der Waals surface area contributed by atoms with Crippen LogP contribution in [0.25, 0.3) is 10.9 Å². The molecule has 3 rings (SSSR count). The van der Waals surface area contributed by atoms with Crippen LogP contribution in [0.2, 0.25) is 0 Å². The minimum atomic E-state index is -4.42. The van der Waals surface area contributed by atoms with Crippen molar-refractivity contribution in [3.8, 4) is 11.5 Å². The highest BCUT2D eigenvalue weighted by atomic mass is 19.4. The number of aromatic amines is 1. The van der Waals surface area contributed by atoms with Crippen LogP contribution in [0.1, 0.15) is 11.1 Å². The van der Waals surface area contributed by atoms with Crippen molar-refractivity contribution < 1.29 is 40.2 Å². The molecule has 11 heteroatoms. The molecular weight excluding hydrogens is 457 g/mol. The maximum atomic E-state index is 13.0. The molecule has 1 heterocycles. The number of aromatic nitrogens is 1. The second-order valence-electron chi connectivity index (χ2n) is 7.35. The van der Waals surface area contributed by atoms with Crippen LogP contribution in [-0.4, -0.2) is 43.3 Å². The predicted molar refractivity (Wildman–Crippen MR) is 108 cm³/mol. The number of fused-ring (bicyclic) bond motifs is 1. The van der Waals surface area contributed by atoms with Gasteiger partial charge in [-0.1, -0.05) is 12.1 Å². The highest BCUT2D eigenvalue weighted by molar-refractivity contribution is 5.84. The number of rotatable bonds is 11. The SMILES string of the molecule is FC(F)C(F)(F)COc1cccc(CNCCc2c[nH]c3ccc(OCC(F)(F)F)cc23)c1. The monoisotopic (exact) mass is 478 g/mol. The number of benzene rings is 2. The third-order valence-corrected chi connectivity index (χ3v) is 4.69. The smallest absolute Gasteiger partial charge is 0.422 e. The van der Waals surface area contributed by atoms with Gasteiger partial charge in [-0.3, -0.25) is 0 Å². The summed E-state index contributed by atoms with van der Waals surface area (Å²) in [6, 6.07) is 10.8. The molecule has 0 bridgehead atoms. The predicted octanol–water partition coefficient (Wildman–Crippen LogP) is 5.72. The van der Waals surface area contributed by atoms with E-state index in [1.807, 2.05) is 0 Å². The topological polar surface area (TPSA) is 46.3 Å². The van der Waals surface area contributed by atoms with Gasteiger partial charge < -0.3 is 19.8 Å². The molecule has 0 atom stereocenters. The van der Waals surface area contributed by atoms with Gasteiger partial charge in [-0.25, -0.2) is 8.78 Å². The van der Waals surface area contributed by atoms with Gasteiger partial charge in [-0.05, 0) is 54.4 Å². The Balaban J connectivity index is 1.52. The van der Waals surface area contributed by atoms with Gasteiger partial charge in [-0.2, -0.15) is 22.0 Å². The van der Waals surface area contributed by atoms with Crippen molar-refractivity contribution in [1.29, 1.82) is 0 Å². The van der Waals surface area contributed by atoms with Crippen LogP contribution in [0.5, 0.6) is 11.5 Å². The van der Waals surface area contributed by atoms with Gasteiger partial charge in [0, 0.05) is 23.6 Å². The van der Waals surface area contributed by atoms with Crippen molar-refractivity contribution in [2.75, 3.05) is 19.8 Å². The largest absolute Gasteiger partial charge is 0.487 e. The first-order chi connectivity index (χ1) is 15.5. The van der Waals surface area contributed by atoms with Gasteiger partial charge in [0.25, 0.3) is 0 Å². The van der Waals surface area contributed by atoms with Crippen molar-refractivity contribution in [3.05, 3.63) is 59.8 Å². The molecule has 0 unspecified atom stereocenters. The summed E-state index contributed by atoms with van der Waals surface area (Å²) >= 11 is 0. The second-order valence-corrected chi connectivity index (χ2v) is 7.35. The van der Waals surface area contributed by atoms with Crippen molar-refractivity contribution in [2.24, 2.45) is 0 Å². The number of hydrogen-bond acceptors (Lipinski definition) is 3. The Morgan fingerprint density at radius 1 is 0.909 bits per heavy atom. The molecule has 0 saturated carbocycles. The Hall–Kier alpha value is -2.95. The Bertz CT molecular complexity index is 1050. The van der Waals surface area contributed by atoms with Gasteiger partial charge in [0.05, 0.1) is 0 Å². The van der Waals surface area contributed by atoms with E-state index in [0.717, 1.165) is 16.5 Å². The average molecular weight is 478 g/mol. The number of nitrogens with one attached hydrogen (secondary N) is 2. The summed E-state index contributed by atoms with van der Waals surface area (Å²) in [5, 5.41) is 3.91. The van der Waals surface area contributed by atoms with E-state index in [2.05, 4.69) is 10.3 Å². The Kier molecular flexibility index (Phi) is 7.72. The molecule has 0 fully saturated rings. The van der Waals surface area contributed by atoms with E-state index in [1.54, 1.807) is 30.5 Å². The fourth-order valence-electron chi connectivity index (χ4n) is 3.06. The molecule has 0 radical (unpaired) electrons. The molecule has 0 spiro atoms. The number of ether oxygens (including phenoxy) is 2. The third-order valence-electron chi connectivity index (χ3n) is 4.69. The molecule has 3 aromatic rings. The lowest BCUT2D eigenvalue weighted by Crippen LogP contribution is -2.33. The van der Waals surface area contributed by atoms with Gasteiger partial charge in [-0.15, -0.1) is 0 Å². The van der Waals surface area contributed by atoms with Crippen molar-refractivity contribution in [1.82, 2.24) is 10.3 Å². The van der Waals surface area contributed by atoms with E-state index in [9.17, 15) is 30.7 Å². The normalized spacial score (nSPS) is 12.5. The van der Waals surface area contributed by atoms with Crippen LogP contribution in [0.3, 0.4) is 0 Å².